The number of benzene rings is 2. The molecule has 0 spiro atoms. The van der Waals surface area contributed by atoms with Crippen molar-refractivity contribution in [3.63, 3.8) is 0 Å². The summed E-state index contributed by atoms with van der Waals surface area (Å²) in [4.78, 5) is 2.26. The van der Waals surface area contributed by atoms with Crippen LogP contribution in [0.3, 0.4) is 0 Å². The van der Waals surface area contributed by atoms with E-state index in [0.717, 1.165) is 30.8 Å². The molecule has 1 aliphatic heterocycles. The molecule has 0 aliphatic carbocycles. The molecule has 1 aliphatic rings. The van der Waals surface area contributed by atoms with Gasteiger partial charge in [0.2, 0.25) is 0 Å². The Bertz CT molecular complexity index is 1070. The zero-order valence-electron chi connectivity index (χ0n) is 25.7. The molecule has 0 saturated carbocycles. The Hall–Kier alpha value is -2.05. The van der Waals surface area contributed by atoms with E-state index in [1.54, 1.807) is 6.07 Å². The maximum Gasteiger partial charge on any atom is 0.294 e. The Balaban J connectivity index is 1.24. The van der Waals surface area contributed by atoms with Crippen LogP contribution in [0.1, 0.15) is 141 Å². The Kier molecular flexibility index (Phi) is 15.7. The molecular weight excluding hydrogens is 528 g/mol. The lowest BCUT2D eigenvalue weighted by atomic mass is 10.0. The fourth-order valence-corrected chi connectivity index (χ4v) is 6.59. The molecule has 1 unspecified atom stereocenters. The topological polar surface area (TPSA) is 69.6 Å². The maximum absolute atomic E-state index is 11.7. The van der Waals surface area contributed by atoms with Gasteiger partial charge in [0.25, 0.3) is 10.1 Å². The second-order valence-corrected chi connectivity index (χ2v) is 13.5. The first kappa shape index (κ1) is 33.5. The molecule has 0 amide bonds. The molecule has 2 aromatic carbocycles. The van der Waals surface area contributed by atoms with Gasteiger partial charge in [-0.15, -0.1) is 0 Å². The third-order valence-electron chi connectivity index (χ3n) is 8.55. The van der Waals surface area contributed by atoms with Gasteiger partial charge in [-0.25, -0.2) is 0 Å². The molecule has 230 valence electrons. The van der Waals surface area contributed by atoms with Crippen LogP contribution in [0.2, 0.25) is 0 Å². The highest BCUT2D eigenvalue weighted by molar-refractivity contribution is 7.85. The van der Waals surface area contributed by atoms with Gasteiger partial charge in [0, 0.05) is 6.54 Å². The van der Waals surface area contributed by atoms with Crippen LogP contribution in [0.4, 0.5) is 11.4 Å². The molecule has 0 saturated heterocycles. The van der Waals surface area contributed by atoms with E-state index in [1.165, 1.54) is 127 Å². The Morgan fingerprint density at radius 3 is 1.66 bits per heavy atom. The maximum atomic E-state index is 11.7. The molecule has 2 aromatic rings. The number of unbranched alkanes of at least 4 members (excludes halogenated alkanes) is 18. The van der Waals surface area contributed by atoms with E-state index < -0.39 is 10.1 Å². The lowest BCUT2D eigenvalue weighted by Crippen LogP contribution is -2.35. The average Bonchev–Trinajstić information content (AvgIpc) is 3.30. The van der Waals surface area contributed by atoms with Crippen LogP contribution in [-0.2, 0) is 16.7 Å². The second-order valence-electron chi connectivity index (χ2n) is 12.1. The predicted molar refractivity (Wildman–Crippen MR) is 174 cm³/mol. The van der Waals surface area contributed by atoms with Crippen molar-refractivity contribution in [1.82, 2.24) is 0 Å². The van der Waals surface area contributed by atoms with Crippen molar-refractivity contribution in [2.24, 2.45) is 0 Å². The number of nitrogens with one attached hydrogen (secondary N) is 1. The zero-order valence-corrected chi connectivity index (χ0v) is 26.5. The number of hydrogen-bond donors (Lipinski definition) is 2. The van der Waals surface area contributed by atoms with Crippen molar-refractivity contribution in [3.05, 3.63) is 54.1 Å². The molecular formula is C35H56N2O3S. The monoisotopic (exact) mass is 584 g/mol. The molecule has 41 heavy (non-hydrogen) atoms. The molecule has 3 rings (SSSR count). The normalized spacial score (nSPS) is 14.8. The summed E-state index contributed by atoms with van der Waals surface area (Å²) in [6.45, 7) is 3.05. The minimum atomic E-state index is -4.22. The molecule has 5 nitrogen and oxygen atoms in total. The van der Waals surface area contributed by atoms with Gasteiger partial charge in [0.1, 0.15) is 0 Å². The molecule has 2 N–H and O–H groups in total. The summed E-state index contributed by atoms with van der Waals surface area (Å²) in [5.74, 6) is 0. The Labute approximate surface area is 251 Å². The van der Waals surface area contributed by atoms with Gasteiger partial charge in [-0.2, -0.15) is 8.42 Å². The summed E-state index contributed by atoms with van der Waals surface area (Å²) in [5, 5.41) is 3.53. The number of anilines is 2. The van der Waals surface area contributed by atoms with Crippen LogP contribution < -0.4 is 10.2 Å². The lowest BCUT2D eigenvalue weighted by Gasteiger charge is -2.27. The quantitative estimate of drug-likeness (QED) is 0.100. The van der Waals surface area contributed by atoms with Gasteiger partial charge in [0.05, 0.1) is 22.4 Å². The molecule has 0 bridgehead atoms. The summed E-state index contributed by atoms with van der Waals surface area (Å²) >= 11 is 0. The van der Waals surface area contributed by atoms with Gasteiger partial charge >= 0.3 is 0 Å². The summed E-state index contributed by atoms with van der Waals surface area (Å²) in [7, 11) is -4.22. The van der Waals surface area contributed by atoms with Gasteiger partial charge in [-0.05, 0) is 36.6 Å². The lowest BCUT2D eigenvalue weighted by molar-refractivity contribution is 0.483. The minimum absolute atomic E-state index is 0.0624. The van der Waals surface area contributed by atoms with Gasteiger partial charge in [-0.1, -0.05) is 153 Å². The second kappa shape index (κ2) is 19.2. The first-order valence-corrected chi connectivity index (χ1v) is 18.1. The van der Waals surface area contributed by atoms with Crippen LogP contribution in [0.5, 0.6) is 0 Å². The van der Waals surface area contributed by atoms with E-state index in [4.69, 9.17) is 0 Å². The number of nitrogens with zero attached hydrogens (tertiary/aromatic N) is 1. The standard InChI is InChI=1S/C35H56N2O3S/c1-2-3-4-5-6-7-8-9-10-11-12-13-14-15-16-17-18-19-23-26-35-36-33-29-32(41(38,39)40)27-28-34(33)37(35)30-31-24-21-20-22-25-31/h20-22,24-25,27-29,35-36H,2-19,23,26,30H2,1H3,(H,38,39,40). The van der Waals surface area contributed by atoms with Crippen molar-refractivity contribution < 1.29 is 13.0 Å². The van der Waals surface area contributed by atoms with E-state index in [0.29, 0.717) is 0 Å². The Morgan fingerprint density at radius 2 is 1.17 bits per heavy atom. The highest BCUT2D eigenvalue weighted by Gasteiger charge is 2.29. The summed E-state index contributed by atoms with van der Waals surface area (Å²) < 4.78 is 32.8. The highest BCUT2D eigenvalue weighted by Crippen LogP contribution is 2.38. The van der Waals surface area contributed by atoms with Crippen molar-refractivity contribution >= 4 is 21.5 Å². The summed E-state index contributed by atoms with van der Waals surface area (Å²) in [6.07, 6.45) is 27.3. The van der Waals surface area contributed by atoms with Gasteiger partial charge in [-0.3, -0.25) is 4.55 Å². The smallest absolute Gasteiger partial charge is 0.294 e. The number of fused-ring (bicyclic) bond motifs is 1. The van der Waals surface area contributed by atoms with Gasteiger partial charge < -0.3 is 10.2 Å². The van der Waals surface area contributed by atoms with Crippen LogP contribution >= 0.6 is 0 Å². The van der Waals surface area contributed by atoms with Crippen molar-refractivity contribution in [2.45, 2.75) is 153 Å². The first-order valence-electron chi connectivity index (χ1n) is 16.7. The molecule has 1 heterocycles. The molecule has 1 atom stereocenters. The Morgan fingerprint density at radius 1 is 0.683 bits per heavy atom. The molecule has 0 fully saturated rings. The summed E-state index contributed by atoms with van der Waals surface area (Å²) in [5.41, 5.74) is 2.99. The molecule has 6 heteroatoms. The van der Waals surface area contributed by atoms with Crippen molar-refractivity contribution in [2.75, 3.05) is 10.2 Å². The predicted octanol–water partition coefficient (Wildman–Crippen LogP) is 10.5. The third kappa shape index (κ3) is 12.8. The molecule has 0 aromatic heterocycles. The number of rotatable bonds is 23. The fraction of sp³-hybridized carbons (Fsp3) is 0.657. The van der Waals surface area contributed by atoms with Crippen LogP contribution in [0.25, 0.3) is 0 Å². The molecule has 0 radical (unpaired) electrons. The average molecular weight is 585 g/mol. The van der Waals surface area contributed by atoms with Crippen molar-refractivity contribution in [1.29, 1.82) is 0 Å². The highest BCUT2D eigenvalue weighted by atomic mass is 32.2. The van der Waals surface area contributed by atoms with E-state index >= 15 is 0 Å². The minimum Gasteiger partial charge on any atom is -0.363 e. The first-order chi connectivity index (χ1) is 20.0. The van der Waals surface area contributed by atoms with E-state index in [9.17, 15) is 13.0 Å². The van der Waals surface area contributed by atoms with Crippen molar-refractivity contribution in [3.8, 4) is 0 Å². The van der Waals surface area contributed by atoms with E-state index in [-0.39, 0.29) is 11.1 Å². The fourth-order valence-electron chi connectivity index (χ4n) is 6.09. The van der Waals surface area contributed by atoms with E-state index in [2.05, 4.69) is 29.3 Å². The van der Waals surface area contributed by atoms with E-state index in [1.807, 2.05) is 24.3 Å². The largest absolute Gasteiger partial charge is 0.363 e. The zero-order chi connectivity index (χ0) is 29.2. The number of hydrogen-bond acceptors (Lipinski definition) is 4. The van der Waals surface area contributed by atoms with Crippen LogP contribution in [0.15, 0.2) is 53.4 Å². The SMILES string of the molecule is CCCCCCCCCCCCCCCCCCCCCC1Nc2cc(S(=O)(=O)O)ccc2N1Cc1ccccc1. The van der Waals surface area contributed by atoms with Crippen LogP contribution in [0, 0.1) is 0 Å². The third-order valence-corrected chi connectivity index (χ3v) is 9.40. The van der Waals surface area contributed by atoms with Crippen LogP contribution in [-0.4, -0.2) is 19.1 Å². The van der Waals surface area contributed by atoms with Gasteiger partial charge in [0.15, 0.2) is 0 Å². The summed E-state index contributed by atoms with van der Waals surface area (Å²) in [6, 6.07) is 15.2.